The Morgan fingerprint density at radius 3 is 2.50 bits per heavy atom. The highest BCUT2D eigenvalue weighted by atomic mass is 16.3. The van der Waals surface area contributed by atoms with E-state index >= 15 is 0 Å². The lowest BCUT2D eigenvalue weighted by atomic mass is 10.1. The first-order chi connectivity index (χ1) is 4.63. The third kappa shape index (κ3) is 2.13. The van der Waals surface area contributed by atoms with Crippen LogP contribution in [0.2, 0.25) is 0 Å². The monoisotopic (exact) mass is 144 g/mol. The maximum absolute atomic E-state index is 10.9. The van der Waals surface area contributed by atoms with Crippen LogP contribution in [0.3, 0.4) is 0 Å². The summed E-state index contributed by atoms with van der Waals surface area (Å²) in [6, 6.07) is 0. The number of nitroso groups, excluding NO2 is 1. The summed E-state index contributed by atoms with van der Waals surface area (Å²) in [5.74, 6) is -0.333. The van der Waals surface area contributed by atoms with Gasteiger partial charge in [-0.25, -0.2) is 0 Å². The molecule has 1 amide bonds. The van der Waals surface area contributed by atoms with Gasteiger partial charge in [-0.2, -0.15) is 5.01 Å². The van der Waals surface area contributed by atoms with Gasteiger partial charge in [0.25, 0.3) is 0 Å². The average molecular weight is 144 g/mol. The number of hydrogen-bond acceptors (Lipinski definition) is 3. The van der Waals surface area contributed by atoms with Crippen molar-refractivity contribution in [2.24, 2.45) is 11.2 Å². The summed E-state index contributed by atoms with van der Waals surface area (Å²) in [7, 11) is 1.36. The first-order valence-corrected chi connectivity index (χ1v) is 3.24. The smallest absolute Gasteiger partial charge is 0.247 e. The molecule has 10 heavy (non-hydrogen) atoms. The van der Waals surface area contributed by atoms with Crippen molar-refractivity contribution < 1.29 is 4.79 Å². The summed E-state index contributed by atoms with van der Waals surface area (Å²) in [6.45, 7) is 3.66. The second-order valence-corrected chi connectivity index (χ2v) is 2.25. The third-order valence-corrected chi connectivity index (χ3v) is 1.48. The largest absolute Gasteiger partial charge is 0.273 e. The second kappa shape index (κ2) is 3.98. The highest BCUT2D eigenvalue weighted by molar-refractivity contribution is 5.77. The van der Waals surface area contributed by atoms with Gasteiger partial charge in [0.1, 0.15) is 0 Å². The predicted octanol–water partition coefficient (Wildman–Crippen LogP) is 1.17. The van der Waals surface area contributed by atoms with Crippen LogP contribution in [0.5, 0.6) is 0 Å². The molecule has 0 aliphatic carbocycles. The van der Waals surface area contributed by atoms with Gasteiger partial charge in [-0.05, 0) is 6.42 Å². The molecule has 0 aromatic rings. The maximum atomic E-state index is 10.9. The lowest BCUT2D eigenvalue weighted by Gasteiger charge is -2.10. The molecule has 0 aromatic carbocycles. The Kier molecular flexibility index (Phi) is 3.61. The van der Waals surface area contributed by atoms with Gasteiger partial charge in [0.15, 0.2) is 0 Å². The molecule has 0 fully saturated rings. The third-order valence-electron chi connectivity index (χ3n) is 1.48. The number of rotatable bonds is 3. The maximum Gasteiger partial charge on any atom is 0.247 e. The van der Waals surface area contributed by atoms with E-state index in [9.17, 15) is 9.70 Å². The number of hydrogen-bond donors (Lipinski definition) is 0. The summed E-state index contributed by atoms with van der Waals surface area (Å²) in [5, 5.41) is 3.32. The summed E-state index contributed by atoms with van der Waals surface area (Å²) in [4.78, 5) is 20.8. The van der Waals surface area contributed by atoms with Crippen LogP contribution in [0, 0.1) is 10.8 Å². The zero-order valence-electron chi connectivity index (χ0n) is 6.50. The van der Waals surface area contributed by atoms with E-state index in [0.717, 1.165) is 11.4 Å². The molecule has 1 atom stereocenters. The van der Waals surface area contributed by atoms with Crippen LogP contribution in [-0.2, 0) is 4.79 Å². The van der Waals surface area contributed by atoms with Gasteiger partial charge < -0.3 is 0 Å². The fraction of sp³-hybridized carbons (Fsp3) is 0.833. The number of amides is 1. The summed E-state index contributed by atoms with van der Waals surface area (Å²) in [5.41, 5.74) is 0. The summed E-state index contributed by atoms with van der Waals surface area (Å²) >= 11 is 0. The highest BCUT2D eigenvalue weighted by Gasteiger charge is 2.15. The number of nitrogens with zero attached hydrogens (tertiary/aromatic N) is 2. The van der Waals surface area contributed by atoms with Crippen LogP contribution in [-0.4, -0.2) is 18.0 Å². The van der Waals surface area contributed by atoms with Crippen molar-refractivity contribution in [3.63, 3.8) is 0 Å². The zero-order valence-corrected chi connectivity index (χ0v) is 6.50. The molecule has 1 unspecified atom stereocenters. The van der Waals surface area contributed by atoms with Gasteiger partial charge in [-0.3, -0.25) is 4.79 Å². The van der Waals surface area contributed by atoms with Gasteiger partial charge in [-0.1, -0.05) is 13.8 Å². The second-order valence-electron chi connectivity index (χ2n) is 2.25. The topological polar surface area (TPSA) is 49.7 Å². The van der Waals surface area contributed by atoms with Crippen molar-refractivity contribution >= 4 is 5.91 Å². The van der Waals surface area contributed by atoms with E-state index in [1.807, 2.05) is 6.92 Å². The van der Waals surface area contributed by atoms with Gasteiger partial charge in [0.2, 0.25) is 5.91 Å². The molecule has 0 spiro atoms. The fourth-order valence-corrected chi connectivity index (χ4v) is 0.534. The standard InChI is InChI=1S/C6H12N2O2/c1-4-5(2)6(9)8(3)7-10/h5H,4H2,1-3H3. The Hall–Kier alpha value is -0.930. The van der Waals surface area contributed by atoms with Crippen LogP contribution in [0.4, 0.5) is 0 Å². The summed E-state index contributed by atoms with van der Waals surface area (Å²) in [6.07, 6.45) is 0.735. The van der Waals surface area contributed by atoms with Crippen molar-refractivity contribution in [2.45, 2.75) is 20.3 Å². The van der Waals surface area contributed by atoms with Crippen LogP contribution in [0.25, 0.3) is 0 Å². The molecule has 0 N–H and O–H groups in total. The molecular formula is C6H12N2O2. The predicted molar refractivity (Wildman–Crippen MR) is 38.0 cm³/mol. The molecule has 0 heterocycles. The Balaban J connectivity index is 3.93. The van der Waals surface area contributed by atoms with E-state index in [1.54, 1.807) is 6.92 Å². The molecule has 0 radical (unpaired) electrons. The van der Waals surface area contributed by atoms with Crippen molar-refractivity contribution in [1.29, 1.82) is 0 Å². The minimum Gasteiger partial charge on any atom is -0.273 e. The lowest BCUT2D eigenvalue weighted by Crippen LogP contribution is -2.26. The Labute approximate surface area is 60.2 Å². The SMILES string of the molecule is CCC(C)C(=O)N(C)N=O. The number of carbonyl (C=O) groups is 1. The van der Waals surface area contributed by atoms with Gasteiger partial charge in [0, 0.05) is 13.0 Å². The van der Waals surface area contributed by atoms with Crippen molar-refractivity contribution in [2.75, 3.05) is 7.05 Å². The summed E-state index contributed by atoms with van der Waals surface area (Å²) < 4.78 is 0. The molecular weight excluding hydrogens is 132 g/mol. The van der Waals surface area contributed by atoms with Crippen molar-refractivity contribution in [3.05, 3.63) is 4.91 Å². The quantitative estimate of drug-likeness (QED) is 0.441. The van der Waals surface area contributed by atoms with Crippen LogP contribution in [0.15, 0.2) is 5.29 Å². The van der Waals surface area contributed by atoms with E-state index in [0.29, 0.717) is 0 Å². The van der Waals surface area contributed by atoms with Gasteiger partial charge in [0.05, 0.1) is 5.29 Å². The van der Waals surface area contributed by atoms with Crippen LogP contribution in [0.1, 0.15) is 20.3 Å². The van der Waals surface area contributed by atoms with E-state index in [2.05, 4.69) is 5.29 Å². The Morgan fingerprint density at radius 1 is 1.70 bits per heavy atom. The molecule has 0 aliphatic rings. The molecule has 0 bridgehead atoms. The minimum atomic E-state index is -0.225. The molecule has 0 aliphatic heterocycles. The van der Waals surface area contributed by atoms with Crippen molar-refractivity contribution in [1.82, 2.24) is 5.01 Å². The molecule has 0 saturated heterocycles. The van der Waals surface area contributed by atoms with E-state index in [-0.39, 0.29) is 11.8 Å². The van der Waals surface area contributed by atoms with Crippen molar-refractivity contribution in [3.8, 4) is 0 Å². The Morgan fingerprint density at radius 2 is 2.20 bits per heavy atom. The molecule has 0 rings (SSSR count). The van der Waals surface area contributed by atoms with E-state index in [1.165, 1.54) is 7.05 Å². The average Bonchev–Trinajstić information content (AvgIpc) is 2.00. The fourth-order valence-electron chi connectivity index (χ4n) is 0.534. The number of carbonyl (C=O) groups excluding carboxylic acids is 1. The molecule has 58 valence electrons. The first-order valence-electron chi connectivity index (χ1n) is 3.24. The van der Waals surface area contributed by atoms with Crippen LogP contribution < -0.4 is 0 Å². The molecule has 4 heteroatoms. The molecule has 0 saturated carbocycles. The van der Waals surface area contributed by atoms with E-state index < -0.39 is 0 Å². The van der Waals surface area contributed by atoms with E-state index in [4.69, 9.17) is 0 Å². The van der Waals surface area contributed by atoms with Gasteiger partial charge in [-0.15, -0.1) is 4.91 Å². The lowest BCUT2D eigenvalue weighted by molar-refractivity contribution is -0.133. The Bertz CT molecular complexity index is 136. The normalized spacial score (nSPS) is 12.3. The molecule has 4 nitrogen and oxygen atoms in total. The molecule has 0 aromatic heterocycles. The van der Waals surface area contributed by atoms with Gasteiger partial charge >= 0.3 is 0 Å². The highest BCUT2D eigenvalue weighted by Crippen LogP contribution is 2.04. The first kappa shape index (κ1) is 9.07. The van der Waals surface area contributed by atoms with Crippen LogP contribution >= 0.6 is 0 Å². The zero-order chi connectivity index (χ0) is 8.15. The minimum absolute atomic E-state index is 0.109.